The third-order valence-electron chi connectivity index (χ3n) is 4.48. The highest BCUT2D eigenvalue weighted by Gasteiger charge is 2.25. The Morgan fingerprint density at radius 1 is 1.26 bits per heavy atom. The van der Waals surface area contributed by atoms with Crippen LogP contribution in [0.2, 0.25) is 0 Å². The highest BCUT2D eigenvalue weighted by atomic mass is 16.5. The van der Waals surface area contributed by atoms with E-state index in [-0.39, 0.29) is 17.5 Å². The van der Waals surface area contributed by atoms with Crippen molar-refractivity contribution in [3.05, 3.63) is 39.7 Å². The van der Waals surface area contributed by atoms with Crippen molar-refractivity contribution in [2.45, 2.75) is 58.5 Å². The van der Waals surface area contributed by atoms with Crippen molar-refractivity contribution >= 4 is 16.8 Å². The molecule has 4 nitrogen and oxygen atoms in total. The van der Waals surface area contributed by atoms with Crippen LogP contribution in [0.1, 0.15) is 50.2 Å². The van der Waals surface area contributed by atoms with E-state index >= 15 is 0 Å². The summed E-state index contributed by atoms with van der Waals surface area (Å²) < 4.78 is 11.4. The number of rotatable bonds is 4. The van der Waals surface area contributed by atoms with Gasteiger partial charge in [0.2, 0.25) is 0 Å². The van der Waals surface area contributed by atoms with E-state index in [9.17, 15) is 9.59 Å². The van der Waals surface area contributed by atoms with E-state index in [1.807, 2.05) is 19.1 Å². The van der Waals surface area contributed by atoms with E-state index in [2.05, 4.69) is 6.92 Å². The molecule has 1 atom stereocenters. The zero-order chi connectivity index (χ0) is 16.4. The Morgan fingerprint density at radius 3 is 2.83 bits per heavy atom. The lowest BCUT2D eigenvalue weighted by Gasteiger charge is -2.23. The number of aryl methyl sites for hydroxylation is 2. The molecule has 0 amide bonds. The Morgan fingerprint density at radius 2 is 2.09 bits per heavy atom. The van der Waals surface area contributed by atoms with Crippen molar-refractivity contribution in [1.82, 2.24) is 0 Å². The first-order chi connectivity index (χ1) is 11.1. The van der Waals surface area contributed by atoms with Crippen LogP contribution in [0.15, 0.2) is 27.4 Å². The van der Waals surface area contributed by atoms with E-state index in [1.165, 1.54) is 0 Å². The fraction of sp³-hybridized carbons (Fsp3) is 0.474. The molecule has 0 N–H and O–H groups in total. The summed E-state index contributed by atoms with van der Waals surface area (Å²) in [6.45, 7) is 3.96. The maximum atomic E-state index is 12.0. The molecule has 2 aromatic rings. The van der Waals surface area contributed by atoms with Crippen molar-refractivity contribution in [2.75, 3.05) is 0 Å². The van der Waals surface area contributed by atoms with Gasteiger partial charge in [-0.15, -0.1) is 0 Å². The van der Waals surface area contributed by atoms with Crippen molar-refractivity contribution in [1.29, 1.82) is 0 Å². The number of carbonyl (C=O) groups is 1. The molecule has 4 heteroatoms. The van der Waals surface area contributed by atoms with E-state index in [0.29, 0.717) is 17.8 Å². The lowest BCUT2D eigenvalue weighted by atomic mass is 9.96. The van der Waals surface area contributed by atoms with Gasteiger partial charge in [0.05, 0.1) is 0 Å². The van der Waals surface area contributed by atoms with Crippen LogP contribution >= 0.6 is 0 Å². The summed E-state index contributed by atoms with van der Waals surface area (Å²) in [6.07, 6.45) is 4.74. The van der Waals surface area contributed by atoms with Gasteiger partial charge in [0.1, 0.15) is 11.3 Å². The molecular formula is C19H22O4. The zero-order valence-electron chi connectivity index (χ0n) is 13.7. The Bertz CT molecular complexity index is 788. The first-order valence-electron chi connectivity index (χ1n) is 8.36. The minimum absolute atomic E-state index is 0.164. The number of benzene rings is 1. The van der Waals surface area contributed by atoms with Crippen LogP contribution in [0, 0.1) is 6.92 Å². The highest BCUT2D eigenvalue weighted by Crippen LogP contribution is 2.31. The van der Waals surface area contributed by atoms with Crippen molar-refractivity contribution < 1.29 is 13.9 Å². The quantitative estimate of drug-likeness (QED) is 0.802. The molecule has 1 aliphatic rings. The SMILES string of the molecule is CCCc1cc(=O)oc2c(C)c(O[C@@H]3CCCCC3=O)ccc12. The van der Waals surface area contributed by atoms with E-state index < -0.39 is 0 Å². The van der Waals surface area contributed by atoms with Crippen molar-refractivity contribution in [3.63, 3.8) is 0 Å². The van der Waals surface area contributed by atoms with Gasteiger partial charge in [0, 0.05) is 23.4 Å². The van der Waals surface area contributed by atoms with Gasteiger partial charge in [-0.2, -0.15) is 0 Å². The summed E-state index contributed by atoms with van der Waals surface area (Å²) in [5, 5.41) is 0.950. The largest absolute Gasteiger partial charge is 0.482 e. The molecule has 1 fully saturated rings. The smallest absolute Gasteiger partial charge is 0.336 e. The molecule has 1 saturated carbocycles. The fourth-order valence-electron chi connectivity index (χ4n) is 3.24. The highest BCUT2D eigenvalue weighted by molar-refractivity contribution is 5.86. The van der Waals surface area contributed by atoms with E-state index in [0.717, 1.165) is 48.6 Å². The average Bonchev–Trinajstić information content (AvgIpc) is 2.53. The molecule has 122 valence electrons. The van der Waals surface area contributed by atoms with Crippen LogP contribution in [0.25, 0.3) is 11.0 Å². The minimum Gasteiger partial charge on any atom is -0.482 e. The second-order valence-corrected chi connectivity index (χ2v) is 6.22. The van der Waals surface area contributed by atoms with Gasteiger partial charge in [0.25, 0.3) is 0 Å². The van der Waals surface area contributed by atoms with Gasteiger partial charge in [-0.3, -0.25) is 4.79 Å². The maximum absolute atomic E-state index is 12.0. The standard InChI is InChI=1S/C19H22O4/c1-3-6-13-11-18(21)23-19-12(2)16(10-9-14(13)19)22-17-8-5-4-7-15(17)20/h9-11,17H,3-8H2,1-2H3/t17-/m1/s1. The van der Waals surface area contributed by atoms with E-state index in [4.69, 9.17) is 9.15 Å². The zero-order valence-corrected chi connectivity index (χ0v) is 13.7. The molecule has 1 aromatic carbocycles. The molecule has 23 heavy (non-hydrogen) atoms. The van der Waals surface area contributed by atoms with Crippen LogP contribution in [-0.4, -0.2) is 11.9 Å². The molecule has 0 spiro atoms. The predicted octanol–water partition coefficient (Wildman–Crippen LogP) is 3.94. The molecule has 1 aromatic heterocycles. The van der Waals surface area contributed by atoms with Gasteiger partial charge in [-0.05, 0) is 50.3 Å². The normalized spacial score (nSPS) is 18.3. The minimum atomic E-state index is -0.370. The Hall–Kier alpha value is -2.10. The number of ketones is 1. The van der Waals surface area contributed by atoms with Crippen molar-refractivity contribution in [3.8, 4) is 5.75 Å². The van der Waals surface area contributed by atoms with Gasteiger partial charge < -0.3 is 9.15 Å². The van der Waals surface area contributed by atoms with Gasteiger partial charge in [0.15, 0.2) is 11.9 Å². The average molecular weight is 314 g/mol. The summed E-state index contributed by atoms with van der Waals surface area (Å²) in [7, 11) is 0. The Kier molecular flexibility index (Phi) is 4.51. The lowest BCUT2D eigenvalue weighted by molar-refractivity contribution is -0.127. The summed E-state index contributed by atoms with van der Waals surface area (Å²) in [6, 6.07) is 5.38. The van der Waals surface area contributed by atoms with Crippen LogP contribution in [0.4, 0.5) is 0 Å². The van der Waals surface area contributed by atoms with Crippen LogP contribution in [0.3, 0.4) is 0 Å². The third kappa shape index (κ3) is 3.16. The summed E-state index contributed by atoms with van der Waals surface area (Å²) in [4.78, 5) is 23.8. The van der Waals surface area contributed by atoms with Gasteiger partial charge in [-0.1, -0.05) is 13.3 Å². The second kappa shape index (κ2) is 6.57. The summed E-state index contributed by atoms with van der Waals surface area (Å²) >= 11 is 0. The number of hydrogen-bond acceptors (Lipinski definition) is 4. The number of hydrogen-bond donors (Lipinski definition) is 0. The molecule has 0 saturated heterocycles. The first-order valence-corrected chi connectivity index (χ1v) is 8.36. The fourth-order valence-corrected chi connectivity index (χ4v) is 3.24. The topological polar surface area (TPSA) is 56.5 Å². The predicted molar refractivity (Wildman–Crippen MR) is 89.1 cm³/mol. The second-order valence-electron chi connectivity index (χ2n) is 6.22. The van der Waals surface area contributed by atoms with Crippen LogP contribution in [0.5, 0.6) is 5.75 Å². The molecule has 1 aliphatic carbocycles. The van der Waals surface area contributed by atoms with Gasteiger partial charge >= 0.3 is 5.63 Å². The molecule has 0 aliphatic heterocycles. The number of carbonyl (C=O) groups excluding carboxylic acids is 1. The number of Topliss-reactive ketones (excluding diaryl/α,β-unsaturated/α-hetero) is 1. The van der Waals surface area contributed by atoms with Gasteiger partial charge in [-0.25, -0.2) is 4.79 Å². The summed E-state index contributed by atoms with van der Waals surface area (Å²) in [5.74, 6) is 0.798. The maximum Gasteiger partial charge on any atom is 0.336 e. The molecule has 3 rings (SSSR count). The number of fused-ring (bicyclic) bond motifs is 1. The van der Waals surface area contributed by atoms with Crippen molar-refractivity contribution in [2.24, 2.45) is 0 Å². The molecule has 0 unspecified atom stereocenters. The Balaban J connectivity index is 2.01. The molecule has 0 bridgehead atoms. The molecular weight excluding hydrogens is 292 g/mol. The lowest BCUT2D eigenvalue weighted by Crippen LogP contribution is -2.30. The molecule has 0 radical (unpaired) electrons. The Labute approximate surface area is 135 Å². The monoisotopic (exact) mass is 314 g/mol. The molecule has 1 heterocycles. The third-order valence-corrected chi connectivity index (χ3v) is 4.48. The van der Waals surface area contributed by atoms with Crippen LogP contribution < -0.4 is 10.4 Å². The summed E-state index contributed by atoms with van der Waals surface area (Å²) in [5.41, 5.74) is 2.02. The number of ether oxygens (including phenoxy) is 1. The van der Waals surface area contributed by atoms with Crippen LogP contribution in [-0.2, 0) is 11.2 Å². The van der Waals surface area contributed by atoms with E-state index in [1.54, 1.807) is 6.07 Å². The first kappa shape index (κ1) is 15.8.